The maximum atomic E-state index is 12.2. The second kappa shape index (κ2) is 5.67. The molecule has 2 fully saturated rings. The first-order valence-electron chi connectivity index (χ1n) is 7.09. The number of ether oxygens (including phenoxy) is 2. The van der Waals surface area contributed by atoms with E-state index in [4.69, 9.17) is 38.4 Å². The molecule has 2 N–H and O–H groups in total. The van der Waals surface area contributed by atoms with E-state index in [0.717, 1.165) is 25.7 Å². The van der Waals surface area contributed by atoms with Crippen LogP contribution in [0.15, 0.2) is 12.1 Å². The first kappa shape index (κ1) is 14.9. The zero-order valence-electron chi connectivity index (χ0n) is 11.5. The lowest BCUT2D eigenvalue weighted by molar-refractivity contribution is -0.159. The van der Waals surface area contributed by atoms with Crippen molar-refractivity contribution in [3.05, 3.63) is 27.7 Å². The number of benzene rings is 1. The molecule has 1 aliphatic carbocycles. The topological polar surface area (TPSA) is 61.6 Å². The van der Waals surface area contributed by atoms with E-state index in [2.05, 4.69) is 0 Å². The van der Waals surface area contributed by atoms with E-state index in [9.17, 15) is 4.79 Å². The van der Waals surface area contributed by atoms with Gasteiger partial charge in [-0.2, -0.15) is 0 Å². The molecule has 6 heteroatoms. The summed E-state index contributed by atoms with van der Waals surface area (Å²) >= 11 is 11.8. The highest BCUT2D eigenvalue weighted by Crippen LogP contribution is 2.43. The van der Waals surface area contributed by atoms with Gasteiger partial charge in [-0.25, -0.2) is 4.79 Å². The third-order valence-electron chi connectivity index (χ3n) is 4.28. The standard InChI is InChI=1S/C15H17Cl2NO3/c16-11-6-9(7-12(18)13(11)17)14(19)21-10-2-5-20-15(8-10)3-1-4-15/h6-7,10H,1-5,8,18H2. The van der Waals surface area contributed by atoms with E-state index in [1.807, 2.05) is 0 Å². The van der Waals surface area contributed by atoms with Crippen LogP contribution < -0.4 is 5.73 Å². The Labute approximate surface area is 133 Å². The van der Waals surface area contributed by atoms with Crippen molar-refractivity contribution in [3.63, 3.8) is 0 Å². The van der Waals surface area contributed by atoms with Gasteiger partial charge in [-0.3, -0.25) is 0 Å². The Morgan fingerprint density at radius 1 is 1.38 bits per heavy atom. The maximum Gasteiger partial charge on any atom is 0.338 e. The maximum absolute atomic E-state index is 12.2. The quantitative estimate of drug-likeness (QED) is 0.661. The number of hydrogen-bond donors (Lipinski definition) is 1. The Kier molecular flexibility index (Phi) is 4.04. The molecule has 1 saturated carbocycles. The first-order valence-corrected chi connectivity index (χ1v) is 7.84. The zero-order valence-corrected chi connectivity index (χ0v) is 13.0. The third kappa shape index (κ3) is 2.98. The molecule has 114 valence electrons. The van der Waals surface area contributed by atoms with Gasteiger partial charge in [0.05, 0.1) is 33.5 Å². The van der Waals surface area contributed by atoms with Gasteiger partial charge >= 0.3 is 5.97 Å². The summed E-state index contributed by atoms with van der Waals surface area (Å²) in [6.45, 7) is 0.640. The summed E-state index contributed by atoms with van der Waals surface area (Å²) in [6.07, 6.45) is 4.69. The van der Waals surface area contributed by atoms with E-state index in [-0.39, 0.29) is 27.4 Å². The summed E-state index contributed by atoms with van der Waals surface area (Å²) in [7, 11) is 0. The summed E-state index contributed by atoms with van der Waals surface area (Å²) < 4.78 is 11.4. The lowest BCUT2D eigenvalue weighted by Crippen LogP contribution is -2.48. The minimum absolute atomic E-state index is 0.0557. The van der Waals surface area contributed by atoms with E-state index < -0.39 is 5.97 Å². The Hall–Kier alpha value is -0.970. The Balaban J connectivity index is 1.68. The fourth-order valence-electron chi connectivity index (χ4n) is 2.95. The van der Waals surface area contributed by atoms with Gasteiger partial charge in [0.1, 0.15) is 6.10 Å². The van der Waals surface area contributed by atoms with E-state index in [1.165, 1.54) is 18.6 Å². The minimum atomic E-state index is -0.415. The fraction of sp³-hybridized carbons (Fsp3) is 0.533. The van der Waals surface area contributed by atoms with Crippen molar-refractivity contribution in [2.24, 2.45) is 0 Å². The second-order valence-corrected chi connectivity index (χ2v) is 6.55. The van der Waals surface area contributed by atoms with E-state index in [0.29, 0.717) is 12.2 Å². The fourth-order valence-corrected chi connectivity index (χ4v) is 3.29. The lowest BCUT2D eigenvalue weighted by Gasteiger charge is -2.46. The van der Waals surface area contributed by atoms with Crippen molar-refractivity contribution in [3.8, 4) is 0 Å². The first-order chi connectivity index (χ1) is 9.99. The van der Waals surface area contributed by atoms with Crippen LogP contribution in [0.25, 0.3) is 0 Å². The number of halogens is 2. The van der Waals surface area contributed by atoms with Gasteiger partial charge in [0.2, 0.25) is 0 Å². The number of rotatable bonds is 2. The van der Waals surface area contributed by atoms with E-state index in [1.54, 1.807) is 0 Å². The number of nitrogens with two attached hydrogens (primary N) is 1. The number of nitrogen functional groups attached to an aromatic ring is 1. The molecular weight excluding hydrogens is 313 g/mol. The van der Waals surface area contributed by atoms with Crippen molar-refractivity contribution < 1.29 is 14.3 Å². The summed E-state index contributed by atoms with van der Waals surface area (Å²) in [5.41, 5.74) is 6.27. The molecule has 1 aliphatic heterocycles. The van der Waals surface area contributed by atoms with Gasteiger partial charge in [0.15, 0.2) is 0 Å². The van der Waals surface area contributed by atoms with Gasteiger partial charge in [0, 0.05) is 12.8 Å². The molecule has 0 bridgehead atoms. The largest absolute Gasteiger partial charge is 0.459 e. The highest BCUT2D eigenvalue weighted by molar-refractivity contribution is 6.43. The Bertz CT molecular complexity index is 549. The highest BCUT2D eigenvalue weighted by Gasteiger charge is 2.43. The summed E-state index contributed by atoms with van der Waals surface area (Å²) in [5.74, 6) is -0.415. The second-order valence-electron chi connectivity index (χ2n) is 5.77. The Morgan fingerprint density at radius 2 is 2.14 bits per heavy atom. The van der Waals surface area contributed by atoms with Crippen LogP contribution in [0.3, 0.4) is 0 Å². The number of carbonyl (C=O) groups is 1. The summed E-state index contributed by atoms with van der Waals surface area (Å²) in [5, 5.41) is 0.513. The molecule has 3 rings (SSSR count). The van der Waals surface area contributed by atoms with Crippen LogP contribution >= 0.6 is 23.2 Å². The van der Waals surface area contributed by atoms with E-state index >= 15 is 0 Å². The predicted octanol–water partition coefficient (Wildman–Crippen LogP) is 3.83. The molecule has 0 radical (unpaired) electrons. The van der Waals surface area contributed by atoms with Crippen molar-refractivity contribution in [2.75, 3.05) is 12.3 Å². The van der Waals surface area contributed by atoms with Crippen LogP contribution in [0.5, 0.6) is 0 Å². The van der Waals surface area contributed by atoms with Crippen LogP contribution in [-0.4, -0.2) is 24.3 Å². The molecule has 2 aliphatic rings. The van der Waals surface area contributed by atoms with Crippen LogP contribution in [0.4, 0.5) is 5.69 Å². The van der Waals surface area contributed by atoms with Crippen molar-refractivity contribution in [1.29, 1.82) is 0 Å². The van der Waals surface area contributed by atoms with Crippen molar-refractivity contribution >= 4 is 34.9 Å². The highest BCUT2D eigenvalue weighted by atomic mass is 35.5. The molecule has 1 unspecified atom stereocenters. The number of anilines is 1. The third-order valence-corrected chi connectivity index (χ3v) is 5.09. The normalized spacial score (nSPS) is 23.6. The zero-order chi connectivity index (χ0) is 15.0. The van der Waals surface area contributed by atoms with Gasteiger partial charge in [-0.05, 0) is 31.4 Å². The number of hydrogen-bond acceptors (Lipinski definition) is 4. The average molecular weight is 330 g/mol. The SMILES string of the molecule is Nc1cc(C(=O)OC2CCOC3(CCC3)C2)cc(Cl)c1Cl. The number of carbonyl (C=O) groups excluding carboxylic acids is 1. The van der Waals surface area contributed by atoms with Crippen LogP contribution in [-0.2, 0) is 9.47 Å². The smallest absolute Gasteiger partial charge is 0.338 e. The molecular formula is C15H17Cl2NO3. The molecule has 0 aromatic heterocycles. The van der Waals surface area contributed by atoms with Crippen molar-refractivity contribution in [2.45, 2.75) is 43.8 Å². The number of esters is 1. The van der Waals surface area contributed by atoms with Crippen LogP contribution in [0.1, 0.15) is 42.5 Å². The Morgan fingerprint density at radius 3 is 2.76 bits per heavy atom. The van der Waals surface area contributed by atoms with Crippen LogP contribution in [0, 0.1) is 0 Å². The summed E-state index contributed by atoms with van der Waals surface area (Å²) in [6, 6.07) is 2.98. The minimum Gasteiger partial charge on any atom is -0.459 e. The lowest BCUT2D eigenvalue weighted by atomic mass is 9.74. The monoisotopic (exact) mass is 329 g/mol. The molecule has 1 atom stereocenters. The molecule has 4 nitrogen and oxygen atoms in total. The van der Waals surface area contributed by atoms with Gasteiger partial charge in [-0.15, -0.1) is 0 Å². The van der Waals surface area contributed by atoms with Gasteiger partial charge in [0.25, 0.3) is 0 Å². The molecule has 1 aromatic carbocycles. The predicted molar refractivity (Wildman–Crippen MR) is 81.8 cm³/mol. The molecule has 1 saturated heterocycles. The average Bonchev–Trinajstić information content (AvgIpc) is 2.42. The molecule has 0 amide bonds. The molecule has 21 heavy (non-hydrogen) atoms. The molecule has 1 spiro atoms. The van der Waals surface area contributed by atoms with Gasteiger partial charge in [-0.1, -0.05) is 23.2 Å². The molecule has 1 heterocycles. The molecule has 1 aromatic rings. The van der Waals surface area contributed by atoms with Crippen molar-refractivity contribution in [1.82, 2.24) is 0 Å². The summed E-state index contributed by atoms with van der Waals surface area (Å²) in [4.78, 5) is 12.2. The van der Waals surface area contributed by atoms with Crippen LogP contribution in [0.2, 0.25) is 10.0 Å². The van der Waals surface area contributed by atoms with Gasteiger partial charge < -0.3 is 15.2 Å².